The molecule has 0 radical (unpaired) electrons. The Bertz CT molecular complexity index is 578. The van der Waals surface area contributed by atoms with Crippen molar-refractivity contribution in [2.24, 2.45) is 11.7 Å². The van der Waals surface area contributed by atoms with Crippen molar-refractivity contribution < 1.29 is 0 Å². The summed E-state index contributed by atoms with van der Waals surface area (Å²) in [5.41, 5.74) is 10.1. The summed E-state index contributed by atoms with van der Waals surface area (Å²) < 4.78 is 2.27. The molecular formula is C17H19BrIN. The van der Waals surface area contributed by atoms with Crippen LogP contribution in [0, 0.1) is 9.49 Å². The number of hydrogen-bond acceptors (Lipinski definition) is 1. The molecule has 20 heavy (non-hydrogen) atoms. The van der Waals surface area contributed by atoms with E-state index in [0.29, 0.717) is 5.92 Å². The minimum absolute atomic E-state index is 0.0764. The first-order valence-electron chi connectivity index (χ1n) is 6.76. The Morgan fingerprint density at radius 1 is 1.10 bits per heavy atom. The second kappa shape index (κ2) is 7.05. The lowest BCUT2D eigenvalue weighted by Gasteiger charge is -2.16. The SMILES string of the molecule is CC(C)Cc1ccc(C(N)c2cc(Br)ccc2I)cc1. The molecule has 2 aromatic carbocycles. The molecule has 2 N–H and O–H groups in total. The molecule has 106 valence electrons. The van der Waals surface area contributed by atoms with Gasteiger partial charge in [-0.1, -0.05) is 54.0 Å². The van der Waals surface area contributed by atoms with Gasteiger partial charge in [0.15, 0.2) is 0 Å². The van der Waals surface area contributed by atoms with Crippen LogP contribution in [0.25, 0.3) is 0 Å². The van der Waals surface area contributed by atoms with Crippen LogP contribution in [0.3, 0.4) is 0 Å². The van der Waals surface area contributed by atoms with Crippen molar-refractivity contribution in [3.05, 3.63) is 67.2 Å². The molecule has 3 heteroatoms. The van der Waals surface area contributed by atoms with Crippen LogP contribution in [0.1, 0.15) is 36.6 Å². The van der Waals surface area contributed by atoms with Gasteiger partial charge in [-0.3, -0.25) is 0 Å². The van der Waals surface area contributed by atoms with E-state index in [1.165, 1.54) is 9.13 Å². The zero-order chi connectivity index (χ0) is 14.7. The molecule has 1 nitrogen and oxygen atoms in total. The van der Waals surface area contributed by atoms with Crippen LogP contribution >= 0.6 is 38.5 Å². The van der Waals surface area contributed by atoms with Crippen molar-refractivity contribution in [2.75, 3.05) is 0 Å². The fourth-order valence-corrected chi connectivity index (χ4v) is 3.31. The zero-order valence-corrected chi connectivity index (χ0v) is 15.5. The molecule has 0 saturated heterocycles. The molecule has 0 aromatic heterocycles. The molecule has 0 fully saturated rings. The molecule has 2 rings (SSSR count). The molecule has 0 aliphatic carbocycles. The van der Waals surface area contributed by atoms with Gasteiger partial charge in [-0.25, -0.2) is 0 Å². The van der Waals surface area contributed by atoms with Crippen LogP contribution in [0.4, 0.5) is 0 Å². The Morgan fingerprint density at radius 2 is 1.75 bits per heavy atom. The lowest BCUT2D eigenvalue weighted by atomic mass is 9.96. The average Bonchev–Trinajstić information content (AvgIpc) is 2.41. The maximum absolute atomic E-state index is 6.41. The van der Waals surface area contributed by atoms with E-state index in [0.717, 1.165) is 22.0 Å². The molecule has 1 atom stereocenters. The van der Waals surface area contributed by atoms with Crippen molar-refractivity contribution in [3.8, 4) is 0 Å². The van der Waals surface area contributed by atoms with Crippen LogP contribution in [0.2, 0.25) is 0 Å². The minimum atomic E-state index is -0.0764. The molecule has 0 bridgehead atoms. The normalized spacial score (nSPS) is 12.7. The third kappa shape index (κ3) is 4.06. The average molecular weight is 444 g/mol. The maximum atomic E-state index is 6.41. The first-order valence-corrected chi connectivity index (χ1v) is 8.64. The van der Waals surface area contributed by atoms with Crippen LogP contribution in [-0.4, -0.2) is 0 Å². The smallest absolute Gasteiger partial charge is 0.0562 e. The fourth-order valence-electron chi connectivity index (χ4n) is 2.26. The van der Waals surface area contributed by atoms with E-state index in [1.807, 2.05) is 6.07 Å². The summed E-state index contributed by atoms with van der Waals surface area (Å²) in [7, 11) is 0. The summed E-state index contributed by atoms with van der Waals surface area (Å²) in [6.07, 6.45) is 1.12. The molecule has 0 saturated carbocycles. The molecule has 0 spiro atoms. The van der Waals surface area contributed by atoms with Crippen LogP contribution in [0.15, 0.2) is 46.9 Å². The lowest BCUT2D eigenvalue weighted by molar-refractivity contribution is 0.647. The molecule has 0 heterocycles. The largest absolute Gasteiger partial charge is 0.320 e. The van der Waals surface area contributed by atoms with Crippen molar-refractivity contribution in [1.82, 2.24) is 0 Å². The molecule has 0 aliphatic rings. The Labute approximate surface area is 143 Å². The third-order valence-corrected chi connectivity index (χ3v) is 4.75. The summed E-state index contributed by atoms with van der Waals surface area (Å²) in [4.78, 5) is 0. The summed E-state index contributed by atoms with van der Waals surface area (Å²) in [6.45, 7) is 4.48. The van der Waals surface area contributed by atoms with E-state index in [9.17, 15) is 0 Å². The fraction of sp³-hybridized carbons (Fsp3) is 0.294. The van der Waals surface area contributed by atoms with Crippen molar-refractivity contribution in [3.63, 3.8) is 0 Å². The first kappa shape index (κ1) is 16.0. The highest BCUT2D eigenvalue weighted by Gasteiger charge is 2.12. The second-order valence-electron chi connectivity index (χ2n) is 5.48. The minimum Gasteiger partial charge on any atom is -0.320 e. The highest BCUT2D eigenvalue weighted by atomic mass is 127. The molecule has 2 aromatic rings. The van der Waals surface area contributed by atoms with Gasteiger partial charge in [0.2, 0.25) is 0 Å². The van der Waals surface area contributed by atoms with Crippen molar-refractivity contribution in [2.45, 2.75) is 26.3 Å². The first-order chi connectivity index (χ1) is 9.47. The second-order valence-corrected chi connectivity index (χ2v) is 7.56. The van der Waals surface area contributed by atoms with E-state index in [2.05, 4.69) is 88.8 Å². The van der Waals surface area contributed by atoms with Gasteiger partial charge in [-0.05, 0) is 69.8 Å². The number of benzene rings is 2. The van der Waals surface area contributed by atoms with Crippen LogP contribution in [-0.2, 0) is 6.42 Å². The van der Waals surface area contributed by atoms with Gasteiger partial charge in [0.1, 0.15) is 0 Å². The van der Waals surface area contributed by atoms with Gasteiger partial charge in [0, 0.05) is 8.04 Å². The molecule has 1 unspecified atom stereocenters. The van der Waals surface area contributed by atoms with Gasteiger partial charge in [0.25, 0.3) is 0 Å². The quantitative estimate of drug-likeness (QED) is 0.637. The van der Waals surface area contributed by atoms with E-state index in [4.69, 9.17) is 5.73 Å². The number of rotatable bonds is 4. The lowest BCUT2D eigenvalue weighted by Crippen LogP contribution is -2.13. The maximum Gasteiger partial charge on any atom is 0.0562 e. The van der Waals surface area contributed by atoms with Gasteiger partial charge in [-0.15, -0.1) is 0 Å². The Hall–Kier alpha value is -0.390. The highest BCUT2D eigenvalue weighted by Crippen LogP contribution is 2.27. The number of halogens is 2. The third-order valence-electron chi connectivity index (χ3n) is 3.28. The number of hydrogen-bond donors (Lipinski definition) is 1. The van der Waals surface area contributed by atoms with E-state index >= 15 is 0 Å². The van der Waals surface area contributed by atoms with E-state index < -0.39 is 0 Å². The van der Waals surface area contributed by atoms with Crippen LogP contribution < -0.4 is 5.73 Å². The van der Waals surface area contributed by atoms with E-state index in [1.54, 1.807) is 0 Å². The summed E-state index contributed by atoms with van der Waals surface area (Å²) in [5.74, 6) is 0.681. The topological polar surface area (TPSA) is 26.0 Å². The standard InChI is InChI=1S/C17H19BrIN/c1-11(2)9-12-3-5-13(6-4-12)17(20)15-10-14(18)7-8-16(15)19/h3-8,10-11,17H,9,20H2,1-2H3. The van der Waals surface area contributed by atoms with Gasteiger partial charge < -0.3 is 5.73 Å². The van der Waals surface area contributed by atoms with E-state index in [-0.39, 0.29) is 6.04 Å². The van der Waals surface area contributed by atoms with Crippen LogP contribution in [0.5, 0.6) is 0 Å². The van der Waals surface area contributed by atoms with Crippen molar-refractivity contribution >= 4 is 38.5 Å². The zero-order valence-electron chi connectivity index (χ0n) is 11.7. The van der Waals surface area contributed by atoms with Crippen molar-refractivity contribution in [1.29, 1.82) is 0 Å². The monoisotopic (exact) mass is 443 g/mol. The Kier molecular flexibility index (Phi) is 5.64. The van der Waals surface area contributed by atoms with Gasteiger partial charge >= 0.3 is 0 Å². The Balaban J connectivity index is 2.24. The van der Waals surface area contributed by atoms with Gasteiger partial charge in [-0.2, -0.15) is 0 Å². The van der Waals surface area contributed by atoms with Gasteiger partial charge in [0.05, 0.1) is 6.04 Å². The molecular weight excluding hydrogens is 425 g/mol. The summed E-state index contributed by atoms with van der Waals surface area (Å²) >= 11 is 5.86. The molecule has 0 aliphatic heterocycles. The number of nitrogens with two attached hydrogens (primary N) is 1. The Morgan fingerprint density at radius 3 is 2.35 bits per heavy atom. The summed E-state index contributed by atoms with van der Waals surface area (Å²) in [5, 5.41) is 0. The molecule has 0 amide bonds. The highest BCUT2D eigenvalue weighted by molar-refractivity contribution is 14.1. The summed E-state index contributed by atoms with van der Waals surface area (Å²) in [6, 6.07) is 14.9. The predicted molar refractivity (Wildman–Crippen MR) is 97.9 cm³/mol. The predicted octanol–water partition coefficient (Wildman–Crippen LogP) is 5.30.